The third-order valence-corrected chi connectivity index (χ3v) is 4.19. The van der Waals surface area contributed by atoms with E-state index in [2.05, 4.69) is 36.6 Å². The fraction of sp³-hybridized carbons (Fsp3) is 0.588. The molecule has 2 rings (SSSR count). The third kappa shape index (κ3) is 4.26. The Morgan fingerprint density at radius 1 is 1.15 bits per heavy atom. The van der Waals surface area contributed by atoms with Gasteiger partial charge in [-0.3, -0.25) is 0 Å². The van der Waals surface area contributed by atoms with Crippen LogP contribution in [-0.2, 0) is 5.41 Å². The summed E-state index contributed by atoms with van der Waals surface area (Å²) in [7, 11) is 0. The van der Waals surface area contributed by atoms with Crippen LogP contribution in [0.3, 0.4) is 0 Å². The van der Waals surface area contributed by atoms with Gasteiger partial charge in [0, 0.05) is 18.0 Å². The predicted molar refractivity (Wildman–Crippen MR) is 82.9 cm³/mol. The van der Waals surface area contributed by atoms with Crippen molar-refractivity contribution in [2.45, 2.75) is 57.4 Å². The van der Waals surface area contributed by atoms with E-state index >= 15 is 0 Å². The Morgan fingerprint density at radius 3 is 2.45 bits per heavy atom. The van der Waals surface area contributed by atoms with Crippen LogP contribution in [0.4, 0.5) is 4.79 Å². The summed E-state index contributed by atoms with van der Waals surface area (Å²) >= 11 is 0. The zero-order chi connectivity index (χ0) is 14.4. The number of urea groups is 1. The first-order valence-corrected chi connectivity index (χ1v) is 7.68. The smallest absolute Gasteiger partial charge is 0.315 e. The molecule has 1 aliphatic rings. The monoisotopic (exact) mass is 274 g/mol. The van der Waals surface area contributed by atoms with Crippen molar-refractivity contribution in [2.75, 3.05) is 6.54 Å². The number of hydrogen-bond acceptors (Lipinski definition) is 1. The van der Waals surface area contributed by atoms with Gasteiger partial charge in [-0.1, -0.05) is 63.4 Å². The Bertz CT molecular complexity index is 422. The number of carbonyl (C=O) groups is 1. The van der Waals surface area contributed by atoms with Gasteiger partial charge in [0.15, 0.2) is 0 Å². The van der Waals surface area contributed by atoms with E-state index in [4.69, 9.17) is 0 Å². The van der Waals surface area contributed by atoms with Crippen LogP contribution in [-0.4, -0.2) is 18.6 Å². The summed E-state index contributed by atoms with van der Waals surface area (Å²) < 4.78 is 0. The first-order chi connectivity index (χ1) is 9.58. The van der Waals surface area contributed by atoms with E-state index in [-0.39, 0.29) is 11.4 Å². The average Bonchev–Trinajstić information content (AvgIpc) is 2.47. The SMILES string of the molecule is CC(C)(CNC(=O)NC1CCCCC1)c1ccccc1. The van der Waals surface area contributed by atoms with E-state index in [0.29, 0.717) is 12.6 Å². The molecule has 0 heterocycles. The molecule has 0 saturated heterocycles. The number of rotatable bonds is 4. The second-order valence-electron chi connectivity index (χ2n) is 6.41. The zero-order valence-corrected chi connectivity index (χ0v) is 12.6. The lowest BCUT2D eigenvalue weighted by Crippen LogP contribution is -2.46. The van der Waals surface area contributed by atoms with Gasteiger partial charge >= 0.3 is 6.03 Å². The minimum Gasteiger partial charge on any atom is -0.337 e. The Hall–Kier alpha value is -1.51. The lowest BCUT2D eigenvalue weighted by Gasteiger charge is -2.27. The summed E-state index contributed by atoms with van der Waals surface area (Å²) in [5.41, 5.74) is 1.20. The minimum atomic E-state index is -0.0504. The maximum Gasteiger partial charge on any atom is 0.315 e. The van der Waals surface area contributed by atoms with Crippen LogP contribution in [0.15, 0.2) is 30.3 Å². The Labute approximate surface area is 122 Å². The summed E-state index contributed by atoms with van der Waals surface area (Å²) in [4.78, 5) is 12.0. The van der Waals surface area contributed by atoms with E-state index < -0.39 is 0 Å². The van der Waals surface area contributed by atoms with Gasteiger partial charge in [-0.25, -0.2) is 4.79 Å². The molecule has 1 fully saturated rings. The zero-order valence-electron chi connectivity index (χ0n) is 12.6. The second-order valence-corrected chi connectivity index (χ2v) is 6.41. The summed E-state index contributed by atoms with van der Waals surface area (Å²) in [5, 5.41) is 6.11. The van der Waals surface area contributed by atoms with Crippen LogP contribution in [0, 0.1) is 0 Å². The molecular formula is C17H26N2O. The van der Waals surface area contributed by atoms with Crippen molar-refractivity contribution in [2.24, 2.45) is 0 Å². The van der Waals surface area contributed by atoms with Crippen LogP contribution < -0.4 is 10.6 Å². The molecule has 0 aliphatic heterocycles. The molecular weight excluding hydrogens is 248 g/mol. The van der Waals surface area contributed by atoms with Crippen molar-refractivity contribution in [3.05, 3.63) is 35.9 Å². The van der Waals surface area contributed by atoms with Gasteiger partial charge in [0.05, 0.1) is 0 Å². The van der Waals surface area contributed by atoms with Crippen molar-refractivity contribution in [1.29, 1.82) is 0 Å². The predicted octanol–water partition coefficient (Wildman–Crippen LogP) is 3.60. The lowest BCUT2D eigenvalue weighted by atomic mass is 9.85. The molecule has 0 aromatic heterocycles. The highest BCUT2D eigenvalue weighted by atomic mass is 16.2. The van der Waals surface area contributed by atoms with Crippen LogP contribution in [0.1, 0.15) is 51.5 Å². The molecule has 0 spiro atoms. The van der Waals surface area contributed by atoms with Crippen LogP contribution in [0.25, 0.3) is 0 Å². The molecule has 2 N–H and O–H groups in total. The standard InChI is InChI=1S/C17H26N2O/c1-17(2,14-9-5-3-6-10-14)13-18-16(20)19-15-11-7-4-8-12-15/h3,5-6,9-10,15H,4,7-8,11-13H2,1-2H3,(H2,18,19,20). The molecule has 1 saturated carbocycles. The number of carbonyl (C=O) groups excluding carboxylic acids is 1. The van der Waals surface area contributed by atoms with Crippen LogP contribution in [0.5, 0.6) is 0 Å². The van der Waals surface area contributed by atoms with E-state index in [1.165, 1.54) is 24.8 Å². The van der Waals surface area contributed by atoms with Gasteiger partial charge in [0.25, 0.3) is 0 Å². The highest BCUT2D eigenvalue weighted by Crippen LogP contribution is 2.21. The average molecular weight is 274 g/mol. The van der Waals surface area contributed by atoms with Crippen molar-refractivity contribution < 1.29 is 4.79 Å². The number of hydrogen-bond donors (Lipinski definition) is 2. The summed E-state index contributed by atoms with van der Waals surface area (Å²) in [6.07, 6.45) is 6.02. The minimum absolute atomic E-state index is 0.0269. The molecule has 0 atom stereocenters. The Morgan fingerprint density at radius 2 is 1.80 bits per heavy atom. The molecule has 1 aromatic rings. The fourth-order valence-electron chi connectivity index (χ4n) is 2.78. The second kappa shape index (κ2) is 6.78. The molecule has 1 aromatic carbocycles. The highest BCUT2D eigenvalue weighted by Gasteiger charge is 2.22. The highest BCUT2D eigenvalue weighted by molar-refractivity contribution is 5.74. The van der Waals surface area contributed by atoms with Gasteiger partial charge < -0.3 is 10.6 Å². The van der Waals surface area contributed by atoms with Crippen molar-refractivity contribution in [1.82, 2.24) is 10.6 Å². The van der Waals surface area contributed by atoms with Crippen LogP contribution >= 0.6 is 0 Å². The van der Waals surface area contributed by atoms with Gasteiger partial charge in [-0.15, -0.1) is 0 Å². The van der Waals surface area contributed by atoms with E-state index in [9.17, 15) is 4.79 Å². The molecule has 3 heteroatoms. The van der Waals surface area contributed by atoms with E-state index in [1.807, 2.05) is 18.2 Å². The molecule has 0 radical (unpaired) electrons. The summed E-state index contributed by atoms with van der Waals surface area (Å²) in [5.74, 6) is 0. The molecule has 0 unspecified atom stereocenters. The summed E-state index contributed by atoms with van der Waals surface area (Å²) in [6.45, 7) is 4.96. The van der Waals surface area contributed by atoms with Crippen LogP contribution in [0.2, 0.25) is 0 Å². The Kier molecular flexibility index (Phi) is 5.05. The largest absolute Gasteiger partial charge is 0.337 e. The van der Waals surface area contributed by atoms with Crippen molar-refractivity contribution >= 4 is 6.03 Å². The van der Waals surface area contributed by atoms with Gasteiger partial charge in [0.1, 0.15) is 0 Å². The van der Waals surface area contributed by atoms with E-state index in [0.717, 1.165) is 12.8 Å². The van der Waals surface area contributed by atoms with Gasteiger partial charge in [0.2, 0.25) is 0 Å². The molecule has 110 valence electrons. The molecule has 3 nitrogen and oxygen atoms in total. The quantitative estimate of drug-likeness (QED) is 0.865. The number of amides is 2. The lowest BCUT2D eigenvalue weighted by molar-refractivity contribution is 0.230. The Balaban J connectivity index is 1.80. The van der Waals surface area contributed by atoms with E-state index in [1.54, 1.807) is 0 Å². The maximum absolute atomic E-state index is 12.0. The molecule has 20 heavy (non-hydrogen) atoms. The molecule has 2 amide bonds. The topological polar surface area (TPSA) is 41.1 Å². The third-order valence-electron chi connectivity index (χ3n) is 4.19. The van der Waals surface area contributed by atoms with Gasteiger partial charge in [-0.05, 0) is 18.4 Å². The fourth-order valence-corrected chi connectivity index (χ4v) is 2.78. The van der Waals surface area contributed by atoms with Gasteiger partial charge in [-0.2, -0.15) is 0 Å². The maximum atomic E-state index is 12.0. The summed E-state index contributed by atoms with van der Waals surface area (Å²) in [6, 6.07) is 10.7. The van der Waals surface area contributed by atoms with Crippen molar-refractivity contribution in [3.8, 4) is 0 Å². The normalized spacial score (nSPS) is 16.7. The first kappa shape index (κ1) is 14.9. The van der Waals surface area contributed by atoms with Crippen molar-refractivity contribution in [3.63, 3.8) is 0 Å². The number of nitrogens with one attached hydrogen (secondary N) is 2. The number of benzene rings is 1. The first-order valence-electron chi connectivity index (χ1n) is 7.68. The molecule has 1 aliphatic carbocycles. The molecule has 0 bridgehead atoms.